The summed E-state index contributed by atoms with van der Waals surface area (Å²) in [6.07, 6.45) is 2.49. The fraction of sp³-hybridized carbons (Fsp3) is 0.364. The molecule has 0 fully saturated rings. The zero-order valence-corrected chi connectivity index (χ0v) is 19.7. The summed E-state index contributed by atoms with van der Waals surface area (Å²) in [5.41, 5.74) is 3.42. The van der Waals surface area contributed by atoms with Crippen molar-refractivity contribution >= 4 is 27.8 Å². The molecule has 0 saturated carbocycles. The molecule has 0 aliphatic heterocycles. The van der Waals surface area contributed by atoms with E-state index in [-0.39, 0.29) is 0 Å². The van der Waals surface area contributed by atoms with Crippen molar-refractivity contribution in [3.8, 4) is 17.2 Å². The smallest absolute Gasteiger partial charge is 0.263 e. The molecular weight excluding hydrogens is 434 g/mol. The highest BCUT2D eigenvalue weighted by Crippen LogP contribution is 2.28. The van der Waals surface area contributed by atoms with Gasteiger partial charge >= 0.3 is 0 Å². The SMILES string of the molecule is CCOc1ccc(/C=N\NC(=O)[C@@H](C)N(c2ccc(OC)cc2)S(C)(=O)=O)cc1OCC. The van der Waals surface area contributed by atoms with E-state index in [0.29, 0.717) is 41.7 Å². The van der Waals surface area contributed by atoms with Crippen LogP contribution in [0.2, 0.25) is 0 Å². The van der Waals surface area contributed by atoms with Gasteiger partial charge in [0.25, 0.3) is 5.91 Å². The van der Waals surface area contributed by atoms with Crippen LogP contribution < -0.4 is 23.9 Å². The highest BCUT2D eigenvalue weighted by Gasteiger charge is 2.29. The molecule has 2 aromatic carbocycles. The van der Waals surface area contributed by atoms with Gasteiger partial charge in [0.05, 0.1) is 38.5 Å². The van der Waals surface area contributed by atoms with Crippen LogP contribution in [-0.4, -0.2) is 53.2 Å². The number of sulfonamides is 1. The predicted molar refractivity (Wildman–Crippen MR) is 124 cm³/mol. The lowest BCUT2D eigenvalue weighted by Crippen LogP contribution is -2.46. The molecule has 9 nitrogen and oxygen atoms in total. The van der Waals surface area contributed by atoms with Gasteiger partial charge in [0.2, 0.25) is 10.0 Å². The van der Waals surface area contributed by atoms with Crippen molar-refractivity contribution in [1.29, 1.82) is 0 Å². The van der Waals surface area contributed by atoms with Gasteiger partial charge in [-0.1, -0.05) is 0 Å². The summed E-state index contributed by atoms with van der Waals surface area (Å²) in [6.45, 7) is 6.22. The molecule has 0 aliphatic rings. The number of benzene rings is 2. The van der Waals surface area contributed by atoms with Crippen LogP contribution in [0.1, 0.15) is 26.3 Å². The molecule has 0 bridgehead atoms. The third kappa shape index (κ3) is 6.61. The van der Waals surface area contributed by atoms with Crippen molar-refractivity contribution in [3.63, 3.8) is 0 Å². The second kappa shape index (κ2) is 11.4. The van der Waals surface area contributed by atoms with Crippen LogP contribution in [-0.2, 0) is 14.8 Å². The number of methoxy groups -OCH3 is 1. The first-order valence-electron chi connectivity index (χ1n) is 10.1. The van der Waals surface area contributed by atoms with Crippen LogP contribution >= 0.6 is 0 Å². The minimum atomic E-state index is -3.73. The van der Waals surface area contributed by atoms with Gasteiger partial charge < -0.3 is 14.2 Å². The molecule has 32 heavy (non-hydrogen) atoms. The molecule has 2 aromatic rings. The summed E-state index contributed by atoms with van der Waals surface area (Å²) in [7, 11) is -2.22. The molecular formula is C22H29N3O6S. The topological polar surface area (TPSA) is 107 Å². The van der Waals surface area contributed by atoms with Crippen molar-refractivity contribution < 1.29 is 27.4 Å². The van der Waals surface area contributed by atoms with Gasteiger partial charge in [0, 0.05) is 0 Å². The molecule has 0 radical (unpaired) electrons. The molecule has 2 rings (SSSR count). The normalized spacial score (nSPS) is 12.3. The average molecular weight is 464 g/mol. The third-order valence-corrected chi connectivity index (χ3v) is 5.61. The van der Waals surface area contributed by atoms with Gasteiger partial charge in [-0.2, -0.15) is 5.10 Å². The summed E-state index contributed by atoms with van der Waals surface area (Å²) >= 11 is 0. The van der Waals surface area contributed by atoms with Gasteiger partial charge in [0.1, 0.15) is 11.8 Å². The lowest BCUT2D eigenvalue weighted by molar-refractivity contribution is -0.121. The Bertz CT molecular complexity index is 1040. The summed E-state index contributed by atoms with van der Waals surface area (Å²) in [4.78, 5) is 12.6. The Hall–Kier alpha value is -3.27. The molecule has 1 amide bonds. The van der Waals surface area contributed by atoms with E-state index in [2.05, 4.69) is 10.5 Å². The lowest BCUT2D eigenvalue weighted by atomic mass is 10.2. The molecule has 174 valence electrons. The van der Waals surface area contributed by atoms with Crippen LogP contribution in [0, 0.1) is 0 Å². The zero-order chi connectivity index (χ0) is 23.7. The number of nitrogens with zero attached hydrogens (tertiary/aromatic N) is 2. The first-order valence-corrected chi connectivity index (χ1v) is 11.9. The fourth-order valence-electron chi connectivity index (χ4n) is 2.95. The number of ether oxygens (including phenoxy) is 3. The maximum atomic E-state index is 12.6. The molecule has 0 heterocycles. The molecule has 1 N–H and O–H groups in total. The summed E-state index contributed by atoms with van der Waals surface area (Å²) in [5.74, 6) is 1.18. The second-order valence-electron chi connectivity index (χ2n) is 6.74. The molecule has 0 aromatic heterocycles. The maximum absolute atomic E-state index is 12.6. The van der Waals surface area contributed by atoms with Crippen LogP contribution in [0.5, 0.6) is 17.2 Å². The Morgan fingerprint density at radius 3 is 2.28 bits per heavy atom. The number of hydrazone groups is 1. The number of anilines is 1. The van der Waals surface area contributed by atoms with Crippen molar-refractivity contribution in [2.45, 2.75) is 26.8 Å². The number of carbonyl (C=O) groups excluding carboxylic acids is 1. The van der Waals surface area contributed by atoms with Crippen molar-refractivity contribution in [2.24, 2.45) is 5.10 Å². The number of carbonyl (C=O) groups is 1. The standard InChI is InChI=1S/C22H29N3O6S/c1-6-30-20-13-8-17(14-21(20)31-7-2)15-23-24-22(26)16(3)25(32(5,27)28)18-9-11-19(29-4)12-10-18/h8-16H,6-7H2,1-5H3,(H,24,26)/b23-15-/t16-/m1/s1. The quantitative estimate of drug-likeness (QED) is 0.406. The second-order valence-corrected chi connectivity index (χ2v) is 8.60. The van der Waals surface area contributed by atoms with Gasteiger partial charge in [-0.15, -0.1) is 0 Å². The van der Waals surface area contributed by atoms with Crippen LogP contribution in [0.15, 0.2) is 47.6 Å². The van der Waals surface area contributed by atoms with E-state index in [0.717, 1.165) is 10.6 Å². The van der Waals surface area contributed by atoms with E-state index in [9.17, 15) is 13.2 Å². The molecule has 0 unspecified atom stereocenters. The van der Waals surface area contributed by atoms with E-state index >= 15 is 0 Å². The molecule has 10 heteroatoms. The zero-order valence-electron chi connectivity index (χ0n) is 18.9. The van der Waals surface area contributed by atoms with E-state index in [1.807, 2.05) is 13.8 Å². The molecule has 0 spiro atoms. The largest absolute Gasteiger partial charge is 0.497 e. The number of hydrogen-bond donors (Lipinski definition) is 1. The minimum Gasteiger partial charge on any atom is -0.497 e. The number of nitrogens with one attached hydrogen (secondary N) is 1. The number of hydrogen-bond acceptors (Lipinski definition) is 7. The number of amides is 1. The Balaban J connectivity index is 2.15. The van der Waals surface area contributed by atoms with E-state index < -0.39 is 22.0 Å². The van der Waals surface area contributed by atoms with E-state index in [4.69, 9.17) is 14.2 Å². The molecule has 0 aliphatic carbocycles. The van der Waals surface area contributed by atoms with Crippen LogP contribution in [0.3, 0.4) is 0 Å². The summed E-state index contributed by atoms with van der Waals surface area (Å²) in [6, 6.07) is 10.6. The van der Waals surface area contributed by atoms with Crippen molar-refractivity contribution in [3.05, 3.63) is 48.0 Å². The van der Waals surface area contributed by atoms with Gasteiger partial charge in [-0.3, -0.25) is 9.10 Å². The maximum Gasteiger partial charge on any atom is 0.263 e. The van der Waals surface area contributed by atoms with Crippen LogP contribution in [0.4, 0.5) is 5.69 Å². The highest BCUT2D eigenvalue weighted by molar-refractivity contribution is 7.92. The minimum absolute atomic E-state index is 0.341. The van der Waals surface area contributed by atoms with Crippen molar-refractivity contribution in [2.75, 3.05) is 30.9 Å². The van der Waals surface area contributed by atoms with Crippen LogP contribution in [0.25, 0.3) is 0 Å². The Labute approximate surface area is 189 Å². The number of rotatable bonds is 11. The van der Waals surface area contributed by atoms with E-state index in [1.165, 1.54) is 20.2 Å². The van der Waals surface area contributed by atoms with Gasteiger partial charge in [-0.25, -0.2) is 13.8 Å². The summed E-state index contributed by atoms with van der Waals surface area (Å²) < 4.78 is 42.0. The Kier molecular flexibility index (Phi) is 8.89. The highest BCUT2D eigenvalue weighted by atomic mass is 32.2. The predicted octanol–water partition coefficient (Wildman–Crippen LogP) is 2.80. The molecule has 1 atom stereocenters. The van der Waals surface area contributed by atoms with Gasteiger partial charge in [-0.05, 0) is 68.8 Å². The third-order valence-electron chi connectivity index (χ3n) is 4.37. The Morgan fingerprint density at radius 2 is 1.72 bits per heavy atom. The first-order chi connectivity index (χ1) is 15.2. The average Bonchev–Trinajstić information content (AvgIpc) is 2.75. The Morgan fingerprint density at radius 1 is 1.09 bits per heavy atom. The monoisotopic (exact) mass is 463 g/mol. The lowest BCUT2D eigenvalue weighted by Gasteiger charge is -2.27. The molecule has 0 saturated heterocycles. The summed E-state index contributed by atoms with van der Waals surface area (Å²) in [5, 5.41) is 3.96. The fourth-order valence-corrected chi connectivity index (χ4v) is 4.12. The first kappa shape index (κ1) is 25.0. The van der Waals surface area contributed by atoms with E-state index in [1.54, 1.807) is 42.5 Å². The van der Waals surface area contributed by atoms with Gasteiger partial charge in [0.15, 0.2) is 11.5 Å². The van der Waals surface area contributed by atoms with Crippen molar-refractivity contribution in [1.82, 2.24) is 5.43 Å².